The van der Waals surface area contributed by atoms with Crippen LogP contribution in [0.2, 0.25) is 0 Å². The topological polar surface area (TPSA) is 63.6 Å². The van der Waals surface area contributed by atoms with Gasteiger partial charge in [0.2, 0.25) is 0 Å². The molecule has 0 saturated carbocycles. The monoisotopic (exact) mass is 302 g/mol. The Hall–Kier alpha value is -2.36. The van der Waals surface area contributed by atoms with Crippen LogP contribution in [0.3, 0.4) is 0 Å². The van der Waals surface area contributed by atoms with Crippen LogP contribution >= 0.6 is 0 Å². The summed E-state index contributed by atoms with van der Waals surface area (Å²) < 4.78 is 5.21. The third-order valence-corrected chi connectivity index (χ3v) is 2.98. The molecule has 4 nitrogen and oxygen atoms in total. The van der Waals surface area contributed by atoms with E-state index in [1.807, 2.05) is 26.0 Å². The fraction of sp³-hybridized carbons (Fsp3) is 0.333. The van der Waals surface area contributed by atoms with Crippen LogP contribution in [0.4, 0.5) is 0 Å². The fourth-order valence-corrected chi connectivity index (χ4v) is 1.92. The maximum absolute atomic E-state index is 11.8. The molecule has 0 unspecified atom stereocenters. The minimum atomic E-state index is -0.861. The zero-order valence-electron chi connectivity index (χ0n) is 13.0. The van der Waals surface area contributed by atoms with Gasteiger partial charge >= 0.3 is 11.9 Å². The van der Waals surface area contributed by atoms with Gasteiger partial charge in [-0.05, 0) is 24.0 Å². The van der Waals surface area contributed by atoms with Crippen LogP contribution < -0.4 is 0 Å². The Bertz CT molecular complexity index is 553. The van der Waals surface area contributed by atoms with E-state index in [2.05, 4.69) is 0 Å². The number of aliphatic carboxylic acids is 1. The van der Waals surface area contributed by atoms with Crippen LogP contribution in [0.15, 0.2) is 48.1 Å². The van der Waals surface area contributed by atoms with Crippen molar-refractivity contribution in [1.82, 2.24) is 0 Å². The normalized spacial score (nSPS) is 12.7. The average molecular weight is 302 g/mol. The van der Waals surface area contributed by atoms with Crippen molar-refractivity contribution in [2.75, 3.05) is 0 Å². The number of carbonyl (C=O) groups is 2. The van der Waals surface area contributed by atoms with Crippen molar-refractivity contribution in [3.05, 3.63) is 59.2 Å². The van der Waals surface area contributed by atoms with E-state index in [0.29, 0.717) is 5.57 Å². The number of carbonyl (C=O) groups excluding carboxylic acids is 1. The molecule has 0 radical (unpaired) electrons. The highest BCUT2D eigenvalue weighted by atomic mass is 16.5. The maximum atomic E-state index is 11.8. The van der Waals surface area contributed by atoms with Gasteiger partial charge in [-0.2, -0.15) is 0 Å². The van der Waals surface area contributed by atoms with Gasteiger partial charge in [-0.15, -0.1) is 0 Å². The standard InChI is InChI=1S/C16H16O4.C2H6/c17-15(18)10-12-6-8-13(9-7-12)11-20-16(19)14-4-2-1-3-5-14;1-2/h2,4-9H,1,3,10-11H2,(H,17,18);1-2H3. The molecule has 2 rings (SSSR count). The Balaban J connectivity index is 0.00000116. The molecule has 0 fully saturated rings. The first kappa shape index (κ1) is 17.7. The highest BCUT2D eigenvalue weighted by Crippen LogP contribution is 2.13. The summed E-state index contributed by atoms with van der Waals surface area (Å²) in [5.41, 5.74) is 2.16. The van der Waals surface area contributed by atoms with Crippen LogP contribution in [0, 0.1) is 0 Å². The number of esters is 1. The highest BCUT2D eigenvalue weighted by molar-refractivity contribution is 5.91. The minimum absolute atomic E-state index is 0.00223. The summed E-state index contributed by atoms with van der Waals surface area (Å²) in [5.74, 6) is -1.18. The van der Waals surface area contributed by atoms with Gasteiger partial charge < -0.3 is 9.84 Å². The second-order valence-corrected chi connectivity index (χ2v) is 4.60. The van der Waals surface area contributed by atoms with Gasteiger partial charge in [-0.25, -0.2) is 4.79 Å². The lowest BCUT2D eigenvalue weighted by atomic mass is 10.1. The van der Waals surface area contributed by atoms with E-state index >= 15 is 0 Å². The van der Waals surface area contributed by atoms with Crippen LogP contribution in [-0.4, -0.2) is 17.0 Å². The Morgan fingerprint density at radius 3 is 2.27 bits per heavy atom. The summed E-state index contributed by atoms with van der Waals surface area (Å²) in [6.45, 7) is 4.19. The predicted octanol–water partition coefficient (Wildman–Crippen LogP) is 3.66. The zero-order valence-corrected chi connectivity index (χ0v) is 13.0. The van der Waals surface area contributed by atoms with E-state index in [4.69, 9.17) is 9.84 Å². The first-order chi connectivity index (χ1) is 10.6. The summed E-state index contributed by atoms with van der Waals surface area (Å²) in [4.78, 5) is 22.3. The molecule has 0 atom stereocenters. The number of rotatable bonds is 5. The second kappa shape index (κ2) is 9.55. The van der Waals surface area contributed by atoms with Crippen molar-refractivity contribution >= 4 is 11.9 Å². The number of hydrogen-bond donors (Lipinski definition) is 1. The van der Waals surface area contributed by atoms with E-state index in [1.54, 1.807) is 30.3 Å². The third-order valence-electron chi connectivity index (χ3n) is 2.98. The number of carboxylic acids is 1. The average Bonchev–Trinajstić information content (AvgIpc) is 2.56. The molecular weight excluding hydrogens is 280 g/mol. The zero-order chi connectivity index (χ0) is 16.4. The SMILES string of the molecule is CC.O=C(O)Cc1ccc(COC(=O)C2=CCCC=C2)cc1. The number of carboxylic acid groups (broad SMARTS) is 1. The van der Waals surface area contributed by atoms with Gasteiger partial charge in [-0.1, -0.05) is 56.3 Å². The summed E-state index contributed by atoms with van der Waals surface area (Å²) in [7, 11) is 0. The molecule has 1 aromatic rings. The minimum Gasteiger partial charge on any atom is -0.481 e. The van der Waals surface area contributed by atoms with Crippen molar-refractivity contribution < 1.29 is 19.4 Å². The molecule has 0 amide bonds. The lowest BCUT2D eigenvalue weighted by Crippen LogP contribution is -2.08. The number of hydrogen-bond acceptors (Lipinski definition) is 3. The lowest BCUT2D eigenvalue weighted by molar-refractivity contribution is -0.140. The molecule has 1 aliphatic carbocycles. The molecular formula is C18H22O4. The molecule has 0 spiro atoms. The van der Waals surface area contributed by atoms with E-state index < -0.39 is 5.97 Å². The van der Waals surface area contributed by atoms with Crippen molar-refractivity contribution in [3.63, 3.8) is 0 Å². The van der Waals surface area contributed by atoms with Gasteiger partial charge in [0.15, 0.2) is 0 Å². The molecule has 0 heterocycles. The predicted molar refractivity (Wildman–Crippen MR) is 85.4 cm³/mol. The summed E-state index contributed by atoms with van der Waals surface area (Å²) >= 11 is 0. The van der Waals surface area contributed by atoms with Crippen molar-refractivity contribution in [2.45, 2.75) is 39.7 Å². The Morgan fingerprint density at radius 2 is 1.73 bits per heavy atom. The smallest absolute Gasteiger partial charge is 0.338 e. The number of ether oxygens (including phenoxy) is 1. The Labute approximate surface area is 131 Å². The quantitative estimate of drug-likeness (QED) is 0.843. The maximum Gasteiger partial charge on any atom is 0.338 e. The highest BCUT2D eigenvalue weighted by Gasteiger charge is 2.10. The van der Waals surface area contributed by atoms with E-state index in [1.165, 1.54) is 0 Å². The molecule has 1 N–H and O–H groups in total. The first-order valence-electron chi connectivity index (χ1n) is 7.48. The van der Waals surface area contributed by atoms with Gasteiger partial charge in [0.05, 0.1) is 12.0 Å². The van der Waals surface area contributed by atoms with Crippen molar-refractivity contribution in [2.24, 2.45) is 0 Å². The van der Waals surface area contributed by atoms with E-state index in [9.17, 15) is 9.59 Å². The molecule has 4 heteroatoms. The number of allylic oxidation sites excluding steroid dienone is 2. The Kier molecular flexibility index (Phi) is 7.68. The van der Waals surface area contributed by atoms with Crippen LogP contribution in [0.25, 0.3) is 0 Å². The lowest BCUT2D eigenvalue weighted by Gasteiger charge is -2.08. The summed E-state index contributed by atoms with van der Waals surface area (Å²) in [6.07, 6.45) is 7.43. The largest absolute Gasteiger partial charge is 0.481 e. The molecule has 0 aromatic heterocycles. The van der Waals surface area contributed by atoms with Gasteiger partial charge in [0.25, 0.3) is 0 Å². The molecule has 1 aliphatic rings. The molecule has 1 aromatic carbocycles. The van der Waals surface area contributed by atoms with E-state index in [0.717, 1.165) is 24.0 Å². The second-order valence-electron chi connectivity index (χ2n) is 4.60. The third kappa shape index (κ3) is 5.95. The van der Waals surface area contributed by atoms with Crippen molar-refractivity contribution in [1.29, 1.82) is 0 Å². The van der Waals surface area contributed by atoms with E-state index in [-0.39, 0.29) is 19.0 Å². The summed E-state index contributed by atoms with van der Waals surface area (Å²) in [6, 6.07) is 7.02. The molecule has 22 heavy (non-hydrogen) atoms. The van der Waals surface area contributed by atoms with Gasteiger partial charge in [0, 0.05) is 0 Å². The molecule has 0 aliphatic heterocycles. The molecule has 118 valence electrons. The van der Waals surface area contributed by atoms with Crippen LogP contribution in [0.1, 0.15) is 37.8 Å². The molecule has 0 saturated heterocycles. The van der Waals surface area contributed by atoms with Gasteiger partial charge in [-0.3, -0.25) is 4.79 Å². The van der Waals surface area contributed by atoms with Gasteiger partial charge in [0.1, 0.15) is 6.61 Å². The molecule has 0 bridgehead atoms. The van der Waals surface area contributed by atoms with Crippen LogP contribution in [0.5, 0.6) is 0 Å². The first-order valence-corrected chi connectivity index (χ1v) is 7.48. The Morgan fingerprint density at radius 1 is 1.09 bits per heavy atom. The number of benzene rings is 1. The summed E-state index contributed by atoms with van der Waals surface area (Å²) in [5, 5.41) is 8.67. The fourth-order valence-electron chi connectivity index (χ4n) is 1.92. The van der Waals surface area contributed by atoms with Crippen molar-refractivity contribution in [3.8, 4) is 0 Å². The van der Waals surface area contributed by atoms with Crippen LogP contribution in [-0.2, 0) is 27.4 Å².